The number of rotatable bonds is 15. The van der Waals surface area contributed by atoms with Crippen molar-refractivity contribution >= 4 is 50.7 Å². The molecular weight excluding hydrogens is 820 g/mol. The Morgan fingerprint density at radius 2 is 1.59 bits per heavy atom. The van der Waals surface area contributed by atoms with E-state index in [2.05, 4.69) is 32.0 Å². The van der Waals surface area contributed by atoms with Gasteiger partial charge in [0.2, 0.25) is 0 Å². The number of nitro groups is 1. The van der Waals surface area contributed by atoms with Crippen LogP contribution in [0.15, 0.2) is 120 Å². The number of nitro benzene ring substituents is 1. The average molecular weight is 869 g/mol. The standard InChI is InChI=1S/C45H49ClN6O8S/c1-45(2,3)42(49(4)44(54)55)22-23-47-39-21-19-36(29-40(39)52(56)57)61(58,59)48-43(53)38-20-18-34(28-41(38)60-35-11-6-5-7-12-35)51-26-24-50(25-27-51)30-32-10-8-9-13-37(32)31-14-16-33(46)17-15-31/h5-21,28-29,42,47H,22-27,30H2,1-4H3,(H,48,53)(H,54,55). The fraction of sp³-hybridized carbons (Fsp3) is 0.289. The molecule has 16 heteroatoms. The normalized spacial score (nSPS) is 13.9. The molecule has 61 heavy (non-hydrogen) atoms. The zero-order valence-corrected chi connectivity index (χ0v) is 35.9. The number of piperazine rings is 1. The average Bonchev–Trinajstić information content (AvgIpc) is 3.22. The van der Waals surface area contributed by atoms with Crippen molar-refractivity contribution in [2.45, 2.75) is 44.7 Å². The molecular formula is C45H49ClN6O8S. The van der Waals surface area contributed by atoms with Gasteiger partial charge in [0.25, 0.3) is 21.6 Å². The Bertz CT molecular complexity index is 2470. The molecule has 3 N–H and O–H groups in total. The van der Waals surface area contributed by atoms with Gasteiger partial charge in [0.1, 0.15) is 17.2 Å². The molecule has 1 unspecified atom stereocenters. The van der Waals surface area contributed by atoms with Crippen LogP contribution in [-0.4, -0.2) is 86.1 Å². The minimum Gasteiger partial charge on any atom is -0.465 e. The van der Waals surface area contributed by atoms with E-state index in [0.29, 0.717) is 30.3 Å². The molecule has 5 aromatic rings. The van der Waals surface area contributed by atoms with E-state index in [1.54, 1.807) is 36.4 Å². The Hall–Kier alpha value is -6.16. The second kappa shape index (κ2) is 19.0. The van der Waals surface area contributed by atoms with Gasteiger partial charge in [0, 0.05) is 75.2 Å². The second-order valence-corrected chi connectivity index (χ2v) is 18.0. The number of carboxylic acid groups (broad SMARTS) is 1. The summed E-state index contributed by atoms with van der Waals surface area (Å²) in [4.78, 5) is 42.1. The summed E-state index contributed by atoms with van der Waals surface area (Å²) in [5.74, 6) is -0.423. The first-order valence-corrected chi connectivity index (χ1v) is 21.6. The Morgan fingerprint density at radius 1 is 0.918 bits per heavy atom. The number of anilines is 2. The van der Waals surface area contributed by atoms with Gasteiger partial charge in [-0.15, -0.1) is 0 Å². The molecule has 1 atom stereocenters. The minimum absolute atomic E-state index is 0.0404. The molecule has 6 rings (SSSR count). The Balaban J connectivity index is 1.16. The van der Waals surface area contributed by atoms with Crippen LogP contribution in [0.1, 0.15) is 43.1 Å². The van der Waals surface area contributed by atoms with Crippen molar-refractivity contribution in [3.05, 3.63) is 142 Å². The van der Waals surface area contributed by atoms with Crippen molar-refractivity contribution in [1.29, 1.82) is 0 Å². The number of para-hydroxylation sites is 1. The van der Waals surface area contributed by atoms with Gasteiger partial charge in [0.05, 0.1) is 15.4 Å². The summed E-state index contributed by atoms with van der Waals surface area (Å²) in [5.41, 5.74) is 3.27. The molecule has 320 valence electrons. The highest BCUT2D eigenvalue weighted by Gasteiger charge is 2.31. The van der Waals surface area contributed by atoms with Gasteiger partial charge in [-0.3, -0.25) is 19.8 Å². The number of nitrogens with zero attached hydrogens (tertiary/aromatic N) is 4. The number of halogens is 1. The summed E-state index contributed by atoms with van der Waals surface area (Å²) in [6.07, 6.45) is -0.779. The third-order valence-electron chi connectivity index (χ3n) is 10.7. The lowest BCUT2D eigenvalue weighted by molar-refractivity contribution is -0.384. The molecule has 5 aromatic carbocycles. The summed E-state index contributed by atoms with van der Waals surface area (Å²) >= 11 is 6.14. The number of nitrogens with one attached hydrogen (secondary N) is 2. The van der Waals surface area contributed by atoms with Crippen LogP contribution in [0.2, 0.25) is 5.02 Å². The highest BCUT2D eigenvalue weighted by molar-refractivity contribution is 7.90. The van der Waals surface area contributed by atoms with Gasteiger partial charge in [-0.2, -0.15) is 0 Å². The smallest absolute Gasteiger partial charge is 0.407 e. The molecule has 0 saturated carbocycles. The molecule has 2 amide bonds. The lowest BCUT2D eigenvalue weighted by Crippen LogP contribution is -2.46. The van der Waals surface area contributed by atoms with E-state index < -0.39 is 49.0 Å². The molecule has 0 bridgehead atoms. The fourth-order valence-electron chi connectivity index (χ4n) is 7.47. The Labute approximate surface area is 360 Å². The van der Waals surface area contributed by atoms with E-state index >= 15 is 0 Å². The lowest BCUT2D eigenvalue weighted by Gasteiger charge is -2.36. The maximum absolute atomic E-state index is 13.8. The van der Waals surface area contributed by atoms with E-state index in [0.717, 1.165) is 48.6 Å². The molecule has 1 fully saturated rings. The highest BCUT2D eigenvalue weighted by Crippen LogP contribution is 2.34. The van der Waals surface area contributed by atoms with E-state index in [1.165, 1.54) is 29.6 Å². The number of carbonyl (C=O) groups is 2. The maximum Gasteiger partial charge on any atom is 0.407 e. The van der Waals surface area contributed by atoms with Gasteiger partial charge in [0.15, 0.2) is 0 Å². The number of benzene rings is 5. The van der Waals surface area contributed by atoms with E-state index in [4.69, 9.17) is 16.3 Å². The fourth-order valence-corrected chi connectivity index (χ4v) is 8.58. The minimum atomic E-state index is -4.61. The summed E-state index contributed by atoms with van der Waals surface area (Å²) in [7, 11) is -3.14. The number of hydrogen-bond acceptors (Lipinski definition) is 10. The van der Waals surface area contributed by atoms with E-state index in [9.17, 15) is 33.2 Å². The van der Waals surface area contributed by atoms with Crippen LogP contribution in [0.5, 0.6) is 11.5 Å². The number of carbonyl (C=O) groups excluding carboxylic acids is 1. The molecule has 1 saturated heterocycles. The van der Waals surface area contributed by atoms with Crippen molar-refractivity contribution in [3.63, 3.8) is 0 Å². The number of amides is 2. The van der Waals surface area contributed by atoms with Gasteiger partial charge in [-0.25, -0.2) is 17.9 Å². The van der Waals surface area contributed by atoms with Gasteiger partial charge in [-0.1, -0.05) is 87.0 Å². The van der Waals surface area contributed by atoms with Crippen LogP contribution < -0.4 is 19.7 Å². The largest absolute Gasteiger partial charge is 0.465 e. The monoisotopic (exact) mass is 868 g/mol. The maximum atomic E-state index is 13.8. The number of hydrogen-bond donors (Lipinski definition) is 3. The molecule has 1 aliphatic heterocycles. The van der Waals surface area contributed by atoms with Gasteiger partial charge in [-0.05, 0) is 77.1 Å². The van der Waals surface area contributed by atoms with Crippen LogP contribution >= 0.6 is 11.6 Å². The highest BCUT2D eigenvalue weighted by atomic mass is 35.5. The molecule has 1 aliphatic rings. The molecule has 0 aromatic heterocycles. The zero-order valence-electron chi connectivity index (χ0n) is 34.4. The van der Waals surface area contributed by atoms with Crippen molar-refractivity contribution < 1.29 is 32.8 Å². The third-order valence-corrected chi connectivity index (χ3v) is 12.3. The molecule has 1 heterocycles. The van der Waals surface area contributed by atoms with Crippen molar-refractivity contribution in [2.24, 2.45) is 5.41 Å². The first-order chi connectivity index (χ1) is 29.0. The van der Waals surface area contributed by atoms with Crippen molar-refractivity contribution in [2.75, 3.05) is 50.0 Å². The first-order valence-electron chi connectivity index (χ1n) is 19.7. The second-order valence-electron chi connectivity index (χ2n) is 15.9. The zero-order chi connectivity index (χ0) is 43.9. The van der Waals surface area contributed by atoms with Crippen LogP contribution in [0.3, 0.4) is 0 Å². The molecule has 0 spiro atoms. The summed E-state index contributed by atoms with van der Waals surface area (Å²) in [6.45, 7) is 9.52. The Morgan fingerprint density at radius 3 is 2.25 bits per heavy atom. The topological polar surface area (TPSA) is 175 Å². The van der Waals surface area contributed by atoms with Crippen LogP contribution in [0, 0.1) is 15.5 Å². The number of sulfonamides is 1. The van der Waals surface area contributed by atoms with Gasteiger partial charge < -0.3 is 25.0 Å². The summed E-state index contributed by atoms with van der Waals surface area (Å²) in [6, 6.07) is 32.8. The molecule has 0 radical (unpaired) electrons. The van der Waals surface area contributed by atoms with E-state index in [1.807, 2.05) is 63.2 Å². The predicted octanol–water partition coefficient (Wildman–Crippen LogP) is 8.97. The summed E-state index contributed by atoms with van der Waals surface area (Å²) < 4.78 is 35.5. The van der Waals surface area contributed by atoms with Gasteiger partial charge >= 0.3 is 6.09 Å². The first kappa shape index (κ1) is 44.4. The molecule has 14 nitrogen and oxygen atoms in total. The quantitative estimate of drug-likeness (QED) is 0.0677. The molecule has 0 aliphatic carbocycles. The van der Waals surface area contributed by atoms with Crippen molar-refractivity contribution in [1.82, 2.24) is 14.5 Å². The predicted molar refractivity (Wildman–Crippen MR) is 237 cm³/mol. The van der Waals surface area contributed by atoms with Crippen LogP contribution in [-0.2, 0) is 16.6 Å². The lowest BCUT2D eigenvalue weighted by atomic mass is 9.84. The summed E-state index contributed by atoms with van der Waals surface area (Å²) in [5, 5.41) is 25.3. The SMILES string of the molecule is CN(C(=O)O)C(CCNc1ccc(S(=O)(=O)NC(=O)c2ccc(N3CCN(Cc4ccccc4-c4ccc(Cl)cc4)CC3)cc2Oc2ccccc2)cc1[N+](=O)[O-])C(C)(C)C. The number of ether oxygens (including phenoxy) is 1. The van der Waals surface area contributed by atoms with E-state index in [-0.39, 0.29) is 23.5 Å². The van der Waals surface area contributed by atoms with Crippen molar-refractivity contribution in [3.8, 4) is 22.6 Å². The Kier molecular flexibility index (Phi) is 13.9. The third kappa shape index (κ3) is 11.2. The van der Waals surface area contributed by atoms with Crippen LogP contribution in [0.25, 0.3) is 11.1 Å². The van der Waals surface area contributed by atoms with Crippen LogP contribution in [0.4, 0.5) is 21.9 Å².